The molecule has 2 aromatic carbocycles. The van der Waals surface area contributed by atoms with E-state index in [-0.39, 0.29) is 0 Å². The van der Waals surface area contributed by atoms with Gasteiger partial charge >= 0.3 is 0 Å². The van der Waals surface area contributed by atoms with Crippen LogP contribution in [-0.2, 0) is 6.42 Å². The average molecular weight is 348 g/mol. The molecule has 0 heterocycles. The predicted molar refractivity (Wildman–Crippen MR) is 112 cm³/mol. The lowest BCUT2D eigenvalue weighted by atomic mass is 9.94. The molecule has 0 spiro atoms. The third-order valence-electron chi connectivity index (χ3n) is 5.12. The first-order valence-electron chi connectivity index (χ1n) is 10.4. The Labute approximate surface area is 160 Å². The predicted octanol–water partition coefficient (Wildman–Crippen LogP) is 7.69. The van der Waals surface area contributed by atoms with E-state index in [1.54, 1.807) is 0 Å². The van der Waals surface area contributed by atoms with Gasteiger partial charge in [-0.3, -0.25) is 0 Å². The molecule has 0 aliphatic rings. The normalized spacial score (nSPS) is 10.6. The Morgan fingerprint density at radius 2 is 1.35 bits per heavy atom. The second-order valence-corrected chi connectivity index (χ2v) is 7.28. The molecule has 0 saturated carbocycles. The Hall–Kier alpha value is -2.07. The minimum absolute atomic E-state index is 0.770. The van der Waals surface area contributed by atoms with Crippen molar-refractivity contribution < 1.29 is 0 Å². The Morgan fingerprint density at radius 3 is 1.96 bits per heavy atom. The SMILES string of the molecule is CCCCCCCCCCCCc1cc(C#N)ccc1-c1ccccc1. The standard InChI is InChI=1S/C25H33N/c1-2-3-4-5-6-7-8-9-10-12-17-24-20-22(21-26)18-19-25(24)23-15-13-11-14-16-23/h11,13-16,18-20H,2-10,12,17H2,1H3. The van der Waals surface area contributed by atoms with E-state index in [1.165, 1.54) is 80.9 Å². The van der Waals surface area contributed by atoms with Crippen molar-refractivity contribution >= 4 is 0 Å². The molecule has 1 nitrogen and oxygen atoms in total. The van der Waals surface area contributed by atoms with Crippen molar-refractivity contribution in [2.45, 2.75) is 77.6 Å². The van der Waals surface area contributed by atoms with Gasteiger partial charge < -0.3 is 0 Å². The van der Waals surface area contributed by atoms with Gasteiger partial charge in [0.05, 0.1) is 11.6 Å². The van der Waals surface area contributed by atoms with Gasteiger partial charge in [0.2, 0.25) is 0 Å². The van der Waals surface area contributed by atoms with Gasteiger partial charge in [0.25, 0.3) is 0 Å². The van der Waals surface area contributed by atoms with Crippen LogP contribution in [0.5, 0.6) is 0 Å². The molecule has 0 atom stereocenters. The van der Waals surface area contributed by atoms with Crippen LogP contribution in [0.2, 0.25) is 0 Å². The Morgan fingerprint density at radius 1 is 0.731 bits per heavy atom. The van der Waals surface area contributed by atoms with Gasteiger partial charge in [-0.15, -0.1) is 0 Å². The number of aryl methyl sites for hydroxylation is 1. The largest absolute Gasteiger partial charge is 0.192 e. The number of rotatable bonds is 12. The molecule has 2 rings (SSSR count). The van der Waals surface area contributed by atoms with Crippen molar-refractivity contribution in [2.24, 2.45) is 0 Å². The van der Waals surface area contributed by atoms with E-state index in [4.69, 9.17) is 0 Å². The van der Waals surface area contributed by atoms with E-state index in [0.29, 0.717) is 0 Å². The lowest BCUT2D eigenvalue weighted by Gasteiger charge is -2.10. The van der Waals surface area contributed by atoms with Gasteiger partial charge in [-0.05, 0) is 41.7 Å². The van der Waals surface area contributed by atoms with E-state index >= 15 is 0 Å². The van der Waals surface area contributed by atoms with E-state index in [0.717, 1.165) is 12.0 Å². The molecule has 0 saturated heterocycles. The molecule has 0 fully saturated rings. The van der Waals surface area contributed by atoms with Crippen LogP contribution in [0.15, 0.2) is 48.5 Å². The Balaban J connectivity index is 1.77. The molecule has 0 aliphatic heterocycles. The maximum Gasteiger partial charge on any atom is 0.0991 e. The molecule has 0 N–H and O–H groups in total. The van der Waals surface area contributed by atoms with Crippen LogP contribution in [0.25, 0.3) is 11.1 Å². The van der Waals surface area contributed by atoms with E-state index in [1.807, 2.05) is 6.07 Å². The third-order valence-corrected chi connectivity index (χ3v) is 5.12. The number of benzene rings is 2. The van der Waals surface area contributed by atoms with Gasteiger partial charge in [0, 0.05) is 0 Å². The van der Waals surface area contributed by atoms with Crippen molar-refractivity contribution in [2.75, 3.05) is 0 Å². The zero-order valence-corrected chi connectivity index (χ0v) is 16.3. The topological polar surface area (TPSA) is 23.8 Å². The highest BCUT2D eigenvalue weighted by Crippen LogP contribution is 2.26. The summed E-state index contributed by atoms with van der Waals surface area (Å²) in [5.41, 5.74) is 4.61. The van der Waals surface area contributed by atoms with Crippen molar-refractivity contribution in [1.82, 2.24) is 0 Å². The van der Waals surface area contributed by atoms with Crippen LogP contribution >= 0.6 is 0 Å². The molecule has 0 aromatic heterocycles. The summed E-state index contributed by atoms with van der Waals surface area (Å²) in [5.74, 6) is 0. The van der Waals surface area contributed by atoms with Gasteiger partial charge in [-0.25, -0.2) is 0 Å². The molecular weight excluding hydrogens is 314 g/mol. The van der Waals surface area contributed by atoms with Crippen LogP contribution in [-0.4, -0.2) is 0 Å². The number of hydrogen-bond donors (Lipinski definition) is 0. The summed E-state index contributed by atoms with van der Waals surface area (Å²) in [4.78, 5) is 0. The molecule has 0 bridgehead atoms. The first-order valence-corrected chi connectivity index (χ1v) is 10.4. The number of nitrogens with zero attached hydrogens (tertiary/aromatic N) is 1. The zero-order valence-electron chi connectivity index (χ0n) is 16.3. The molecule has 0 amide bonds. The molecule has 0 aliphatic carbocycles. The van der Waals surface area contributed by atoms with Crippen molar-refractivity contribution in [3.05, 3.63) is 59.7 Å². The van der Waals surface area contributed by atoms with Gasteiger partial charge in [-0.1, -0.05) is 101 Å². The first-order chi connectivity index (χ1) is 12.8. The number of nitriles is 1. The van der Waals surface area contributed by atoms with Crippen LogP contribution in [0.3, 0.4) is 0 Å². The maximum atomic E-state index is 9.22. The highest BCUT2D eigenvalue weighted by Gasteiger charge is 2.06. The number of hydrogen-bond acceptors (Lipinski definition) is 1. The Kier molecular flexibility index (Phi) is 9.59. The molecule has 1 heteroatoms. The van der Waals surface area contributed by atoms with Crippen LogP contribution in [0, 0.1) is 11.3 Å². The van der Waals surface area contributed by atoms with E-state index in [9.17, 15) is 5.26 Å². The summed E-state index contributed by atoms with van der Waals surface area (Å²) >= 11 is 0. The summed E-state index contributed by atoms with van der Waals surface area (Å²) in [7, 11) is 0. The summed E-state index contributed by atoms with van der Waals surface area (Å²) in [6.45, 7) is 2.27. The maximum absolute atomic E-state index is 9.22. The van der Waals surface area contributed by atoms with Crippen LogP contribution in [0.1, 0.15) is 82.3 Å². The Bertz CT molecular complexity index is 666. The molecule has 138 valence electrons. The minimum atomic E-state index is 0.770. The van der Waals surface area contributed by atoms with E-state index in [2.05, 4.69) is 55.5 Å². The molecular formula is C25H33N. The fourth-order valence-corrected chi connectivity index (χ4v) is 3.57. The van der Waals surface area contributed by atoms with Crippen LogP contribution < -0.4 is 0 Å². The number of unbranched alkanes of at least 4 members (excludes halogenated alkanes) is 9. The smallest absolute Gasteiger partial charge is 0.0991 e. The van der Waals surface area contributed by atoms with Gasteiger partial charge in [0.1, 0.15) is 0 Å². The lowest BCUT2D eigenvalue weighted by molar-refractivity contribution is 0.556. The van der Waals surface area contributed by atoms with Crippen LogP contribution in [0.4, 0.5) is 0 Å². The lowest BCUT2D eigenvalue weighted by Crippen LogP contribution is -1.93. The zero-order chi connectivity index (χ0) is 18.5. The third kappa shape index (κ3) is 7.04. The molecule has 2 aromatic rings. The summed E-state index contributed by atoms with van der Waals surface area (Å²) in [6.07, 6.45) is 14.6. The first kappa shape index (κ1) is 20.2. The average Bonchev–Trinajstić information content (AvgIpc) is 2.70. The van der Waals surface area contributed by atoms with E-state index < -0.39 is 0 Å². The fourth-order valence-electron chi connectivity index (χ4n) is 3.57. The van der Waals surface area contributed by atoms with Crippen molar-refractivity contribution in [1.29, 1.82) is 5.26 Å². The second-order valence-electron chi connectivity index (χ2n) is 7.28. The quantitative estimate of drug-likeness (QED) is 0.361. The molecule has 0 unspecified atom stereocenters. The summed E-state index contributed by atoms with van der Waals surface area (Å²) < 4.78 is 0. The summed E-state index contributed by atoms with van der Waals surface area (Å²) in [6, 6.07) is 18.9. The van der Waals surface area contributed by atoms with Crippen molar-refractivity contribution in [3.63, 3.8) is 0 Å². The van der Waals surface area contributed by atoms with Gasteiger partial charge in [0.15, 0.2) is 0 Å². The highest BCUT2D eigenvalue weighted by molar-refractivity contribution is 5.68. The van der Waals surface area contributed by atoms with Gasteiger partial charge in [-0.2, -0.15) is 5.26 Å². The summed E-state index contributed by atoms with van der Waals surface area (Å²) in [5, 5.41) is 9.22. The fraction of sp³-hybridized carbons (Fsp3) is 0.480. The second kappa shape index (κ2) is 12.3. The molecule has 0 radical (unpaired) electrons. The highest BCUT2D eigenvalue weighted by atomic mass is 14.2. The minimum Gasteiger partial charge on any atom is -0.192 e. The molecule has 26 heavy (non-hydrogen) atoms. The monoisotopic (exact) mass is 347 g/mol. The van der Waals surface area contributed by atoms with Crippen molar-refractivity contribution in [3.8, 4) is 17.2 Å².